The molecule has 0 atom stereocenters. The first-order valence-corrected chi connectivity index (χ1v) is 8.42. The molecule has 24 heavy (non-hydrogen) atoms. The fraction of sp³-hybridized carbons (Fsp3) is 0.500. The molecule has 130 valence electrons. The lowest BCUT2D eigenvalue weighted by Crippen LogP contribution is -2.39. The molecule has 0 aliphatic carbocycles. The van der Waals surface area contributed by atoms with E-state index < -0.39 is 11.4 Å². The van der Waals surface area contributed by atoms with Crippen LogP contribution < -0.4 is 10.9 Å². The number of rotatable bonds is 6. The summed E-state index contributed by atoms with van der Waals surface area (Å²) in [5.41, 5.74) is -0.277. The van der Waals surface area contributed by atoms with Gasteiger partial charge in [0, 0.05) is 24.3 Å². The topological polar surface area (TPSA) is 112 Å². The van der Waals surface area contributed by atoms with Crippen LogP contribution in [0.5, 0.6) is 0 Å². The zero-order valence-electron chi connectivity index (χ0n) is 14.1. The van der Waals surface area contributed by atoms with Crippen LogP contribution in [0.15, 0.2) is 4.79 Å². The lowest BCUT2D eigenvalue weighted by Gasteiger charge is -2.19. The summed E-state index contributed by atoms with van der Waals surface area (Å²) in [6.45, 7) is 6.97. The Kier molecular flexibility index (Phi) is 5.08. The Balaban J connectivity index is 2.02. The van der Waals surface area contributed by atoms with E-state index in [1.54, 1.807) is 13.8 Å². The predicted molar refractivity (Wildman–Crippen MR) is 92.5 cm³/mol. The summed E-state index contributed by atoms with van der Waals surface area (Å²) in [6.07, 6.45) is 0.425. The third-order valence-corrected chi connectivity index (χ3v) is 5.08. The fourth-order valence-electron chi connectivity index (χ4n) is 2.13. The molecule has 0 aromatic carbocycles. The smallest absolute Gasteiger partial charge is 0.310 e. The van der Waals surface area contributed by atoms with Gasteiger partial charge in [0.05, 0.1) is 10.8 Å². The number of fused-ring (bicyclic) bond motifs is 1. The maximum absolute atomic E-state index is 12.2. The zero-order valence-corrected chi connectivity index (χ0v) is 15.0. The van der Waals surface area contributed by atoms with Crippen LogP contribution in [0.25, 0.3) is 10.2 Å². The van der Waals surface area contributed by atoms with E-state index in [2.05, 4.69) is 15.3 Å². The number of hydrogen-bond donors (Lipinski definition) is 3. The molecule has 0 unspecified atom stereocenters. The molecule has 0 aliphatic heterocycles. The predicted octanol–water partition coefficient (Wildman–Crippen LogP) is 1.76. The summed E-state index contributed by atoms with van der Waals surface area (Å²) >= 11 is 1.46. The standard InChI is InChI=1S/C16H21N3O4S/c1-8-9(2)24-14-12(8)13(21)18-10(19-14)5-6-11(20)17-7-16(3,4)15(22)23/h5-7H2,1-4H3,(H,17,20)(H,22,23)(H,18,19,21). The Morgan fingerprint density at radius 3 is 2.62 bits per heavy atom. The van der Waals surface area contributed by atoms with Gasteiger partial charge in [0.25, 0.3) is 5.56 Å². The van der Waals surface area contributed by atoms with Crippen molar-refractivity contribution in [1.29, 1.82) is 0 Å². The van der Waals surface area contributed by atoms with Crippen molar-refractivity contribution in [2.75, 3.05) is 6.54 Å². The minimum Gasteiger partial charge on any atom is -0.481 e. The maximum atomic E-state index is 12.2. The SMILES string of the molecule is Cc1sc2nc(CCC(=O)NCC(C)(C)C(=O)O)[nH]c(=O)c2c1C. The molecule has 0 radical (unpaired) electrons. The van der Waals surface area contributed by atoms with Crippen molar-refractivity contribution in [3.05, 3.63) is 26.6 Å². The number of carboxylic acid groups (broad SMARTS) is 1. The van der Waals surface area contributed by atoms with Crippen LogP contribution >= 0.6 is 11.3 Å². The minimum atomic E-state index is -1.02. The van der Waals surface area contributed by atoms with E-state index in [-0.39, 0.29) is 24.4 Å². The quantitative estimate of drug-likeness (QED) is 0.734. The fourth-order valence-corrected chi connectivity index (χ4v) is 3.18. The molecule has 0 fully saturated rings. The molecular weight excluding hydrogens is 330 g/mol. The van der Waals surface area contributed by atoms with Gasteiger partial charge in [0.15, 0.2) is 0 Å². The van der Waals surface area contributed by atoms with Crippen LogP contribution in [-0.4, -0.2) is 33.5 Å². The highest BCUT2D eigenvalue weighted by atomic mass is 32.1. The number of amides is 1. The van der Waals surface area contributed by atoms with Gasteiger partial charge in [-0.2, -0.15) is 0 Å². The van der Waals surface area contributed by atoms with E-state index in [0.29, 0.717) is 22.5 Å². The highest BCUT2D eigenvalue weighted by Gasteiger charge is 2.27. The van der Waals surface area contributed by atoms with Gasteiger partial charge < -0.3 is 15.4 Å². The lowest BCUT2D eigenvalue weighted by atomic mass is 9.94. The Morgan fingerprint density at radius 2 is 2.00 bits per heavy atom. The lowest BCUT2D eigenvalue weighted by molar-refractivity contribution is -0.146. The van der Waals surface area contributed by atoms with Crippen LogP contribution in [0.1, 0.15) is 36.5 Å². The number of nitrogens with zero attached hydrogens (tertiary/aromatic N) is 1. The molecule has 0 saturated carbocycles. The van der Waals surface area contributed by atoms with Crippen LogP contribution in [0.2, 0.25) is 0 Å². The van der Waals surface area contributed by atoms with E-state index in [9.17, 15) is 14.4 Å². The summed E-state index contributed by atoms with van der Waals surface area (Å²) in [6, 6.07) is 0. The molecule has 2 aromatic heterocycles. The van der Waals surface area contributed by atoms with Gasteiger partial charge >= 0.3 is 5.97 Å². The first-order valence-electron chi connectivity index (χ1n) is 7.61. The van der Waals surface area contributed by atoms with E-state index in [0.717, 1.165) is 10.4 Å². The van der Waals surface area contributed by atoms with Crippen LogP contribution in [0.3, 0.4) is 0 Å². The monoisotopic (exact) mass is 351 g/mol. The number of H-pyrrole nitrogens is 1. The Bertz CT molecular complexity index is 851. The molecule has 2 heterocycles. The van der Waals surface area contributed by atoms with E-state index >= 15 is 0 Å². The van der Waals surface area contributed by atoms with Crippen LogP contribution in [-0.2, 0) is 16.0 Å². The summed E-state index contributed by atoms with van der Waals surface area (Å²) in [4.78, 5) is 43.9. The molecule has 8 heteroatoms. The van der Waals surface area contributed by atoms with Gasteiger partial charge in [-0.15, -0.1) is 11.3 Å². The molecule has 0 spiro atoms. The van der Waals surface area contributed by atoms with Gasteiger partial charge in [0.1, 0.15) is 10.7 Å². The zero-order chi connectivity index (χ0) is 18.1. The van der Waals surface area contributed by atoms with Crippen LogP contribution in [0, 0.1) is 19.3 Å². The summed E-state index contributed by atoms with van der Waals surface area (Å²) in [5, 5.41) is 12.2. The van der Waals surface area contributed by atoms with Crippen molar-refractivity contribution < 1.29 is 14.7 Å². The van der Waals surface area contributed by atoms with E-state index in [4.69, 9.17) is 5.11 Å². The van der Waals surface area contributed by atoms with Crippen molar-refractivity contribution in [2.24, 2.45) is 5.41 Å². The first-order chi connectivity index (χ1) is 11.1. The van der Waals surface area contributed by atoms with Crippen molar-refractivity contribution >= 4 is 33.4 Å². The van der Waals surface area contributed by atoms with Gasteiger partial charge in [-0.05, 0) is 33.3 Å². The first kappa shape index (κ1) is 18.1. The highest BCUT2D eigenvalue weighted by molar-refractivity contribution is 7.18. The Labute approximate surface area is 143 Å². The third-order valence-electron chi connectivity index (χ3n) is 3.98. The molecule has 2 aromatic rings. The number of nitrogens with one attached hydrogen (secondary N) is 2. The third kappa shape index (κ3) is 3.81. The number of carbonyl (C=O) groups is 2. The average Bonchev–Trinajstić information content (AvgIpc) is 2.78. The number of aromatic amines is 1. The second kappa shape index (κ2) is 6.72. The Morgan fingerprint density at radius 1 is 1.33 bits per heavy atom. The van der Waals surface area contributed by atoms with Crippen molar-refractivity contribution in [2.45, 2.75) is 40.5 Å². The number of carbonyl (C=O) groups excluding carboxylic acids is 1. The van der Waals surface area contributed by atoms with E-state index in [1.807, 2.05) is 13.8 Å². The molecular formula is C16H21N3O4S. The normalized spacial score (nSPS) is 11.7. The number of carboxylic acids is 1. The summed E-state index contributed by atoms with van der Waals surface area (Å²) in [5.74, 6) is -0.783. The van der Waals surface area contributed by atoms with Gasteiger partial charge in [-0.25, -0.2) is 4.98 Å². The largest absolute Gasteiger partial charge is 0.481 e. The van der Waals surface area contributed by atoms with Gasteiger partial charge in [-0.1, -0.05) is 0 Å². The van der Waals surface area contributed by atoms with E-state index in [1.165, 1.54) is 11.3 Å². The summed E-state index contributed by atoms with van der Waals surface area (Å²) in [7, 11) is 0. The summed E-state index contributed by atoms with van der Waals surface area (Å²) < 4.78 is 0. The van der Waals surface area contributed by atoms with Gasteiger partial charge in [-0.3, -0.25) is 14.4 Å². The molecule has 0 aliphatic rings. The second-order valence-electron chi connectivity index (χ2n) is 6.44. The van der Waals surface area contributed by atoms with Crippen molar-refractivity contribution in [3.63, 3.8) is 0 Å². The molecule has 2 rings (SSSR count). The molecule has 0 bridgehead atoms. The molecule has 0 saturated heterocycles. The number of aromatic nitrogens is 2. The highest BCUT2D eigenvalue weighted by Crippen LogP contribution is 2.25. The van der Waals surface area contributed by atoms with Crippen molar-refractivity contribution in [1.82, 2.24) is 15.3 Å². The molecule has 3 N–H and O–H groups in total. The van der Waals surface area contributed by atoms with Crippen molar-refractivity contribution in [3.8, 4) is 0 Å². The van der Waals surface area contributed by atoms with Crippen LogP contribution in [0.4, 0.5) is 0 Å². The average molecular weight is 351 g/mol. The number of hydrogen-bond acceptors (Lipinski definition) is 5. The number of aliphatic carboxylic acids is 1. The molecule has 7 nitrogen and oxygen atoms in total. The molecule has 1 amide bonds. The Hall–Kier alpha value is -2.22. The van der Waals surface area contributed by atoms with Gasteiger partial charge in [0.2, 0.25) is 5.91 Å². The minimum absolute atomic E-state index is 0.0491. The number of thiophene rings is 1. The number of aryl methyl sites for hydroxylation is 3. The second-order valence-corrected chi connectivity index (χ2v) is 7.64. The maximum Gasteiger partial charge on any atom is 0.310 e.